The molecule has 0 unspecified atom stereocenters. The molecule has 1 saturated heterocycles. The van der Waals surface area contributed by atoms with E-state index in [0.29, 0.717) is 13.1 Å². The number of piperazine rings is 1. The minimum Gasteiger partial charge on any atom is -0.339 e. The summed E-state index contributed by atoms with van der Waals surface area (Å²) in [6, 6.07) is 8.01. The number of rotatable bonds is 7. The van der Waals surface area contributed by atoms with Gasteiger partial charge >= 0.3 is 0 Å². The molecule has 158 valence electrons. The van der Waals surface area contributed by atoms with Crippen LogP contribution in [0.1, 0.15) is 25.0 Å². The van der Waals surface area contributed by atoms with Gasteiger partial charge in [-0.15, -0.1) is 0 Å². The zero-order valence-electron chi connectivity index (χ0n) is 17.2. The van der Waals surface area contributed by atoms with Gasteiger partial charge < -0.3 is 4.90 Å². The highest BCUT2D eigenvalue weighted by molar-refractivity contribution is 7.89. The van der Waals surface area contributed by atoms with Gasteiger partial charge in [0.25, 0.3) is 0 Å². The molecule has 1 atom stereocenters. The molecule has 0 bridgehead atoms. The third-order valence-corrected chi connectivity index (χ3v) is 7.41. The number of amides is 1. The first-order valence-electron chi connectivity index (χ1n) is 9.87. The highest BCUT2D eigenvalue weighted by Gasteiger charge is 2.33. The van der Waals surface area contributed by atoms with E-state index < -0.39 is 16.1 Å². The Hall–Kier alpha value is -1.74. The van der Waals surface area contributed by atoms with Gasteiger partial charge in [0.15, 0.2) is 0 Å². The van der Waals surface area contributed by atoms with E-state index >= 15 is 0 Å². The summed E-state index contributed by atoms with van der Waals surface area (Å²) in [5, 5.41) is 4.22. The van der Waals surface area contributed by atoms with Crippen molar-refractivity contribution >= 4 is 27.3 Å². The van der Waals surface area contributed by atoms with Gasteiger partial charge in [-0.25, -0.2) is 8.42 Å². The fraction of sp³-hybridized carbons (Fsp3) is 0.476. The lowest BCUT2D eigenvalue weighted by atomic mass is 10.0. The van der Waals surface area contributed by atoms with Crippen molar-refractivity contribution in [3.05, 3.63) is 52.2 Å². The number of carbonyl (C=O) groups is 1. The molecule has 1 fully saturated rings. The van der Waals surface area contributed by atoms with Crippen molar-refractivity contribution in [2.24, 2.45) is 5.92 Å². The van der Waals surface area contributed by atoms with Crippen molar-refractivity contribution in [2.45, 2.75) is 38.3 Å². The summed E-state index contributed by atoms with van der Waals surface area (Å²) in [7, 11) is -3.76. The van der Waals surface area contributed by atoms with E-state index in [2.05, 4.69) is 26.4 Å². The van der Waals surface area contributed by atoms with Crippen LogP contribution in [0.2, 0.25) is 0 Å². The van der Waals surface area contributed by atoms with Crippen LogP contribution in [0.4, 0.5) is 0 Å². The Kier molecular flexibility index (Phi) is 7.10. The summed E-state index contributed by atoms with van der Waals surface area (Å²) in [5.74, 6) is -0.294. The molecule has 1 aromatic heterocycles. The molecule has 0 spiro atoms. The van der Waals surface area contributed by atoms with Crippen LogP contribution in [0.3, 0.4) is 0 Å². The number of aryl methyl sites for hydroxylation is 1. The van der Waals surface area contributed by atoms with Gasteiger partial charge in [0.2, 0.25) is 15.9 Å². The number of hydrogen-bond donors (Lipinski definition) is 1. The molecule has 1 amide bonds. The predicted molar refractivity (Wildman–Crippen MR) is 116 cm³/mol. The summed E-state index contributed by atoms with van der Waals surface area (Å²) < 4.78 is 28.2. The maximum absolute atomic E-state index is 13.1. The highest BCUT2D eigenvalue weighted by Crippen LogP contribution is 2.16. The van der Waals surface area contributed by atoms with Gasteiger partial charge in [-0.05, 0) is 47.4 Å². The van der Waals surface area contributed by atoms with Crippen LogP contribution in [0, 0.1) is 12.8 Å². The number of thiophene rings is 1. The first-order valence-corrected chi connectivity index (χ1v) is 12.3. The third kappa shape index (κ3) is 5.66. The fourth-order valence-corrected chi connectivity index (χ4v) is 5.39. The molecular formula is C21H29N3O3S2. The average molecular weight is 436 g/mol. The Morgan fingerprint density at radius 2 is 1.76 bits per heavy atom. The van der Waals surface area contributed by atoms with Crippen LogP contribution in [0.25, 0.3) is 0 Å². The van der Waals surface area contributed by atoms with Crippen LogP contribution in [-0.2, 0) is 21.4 Å². The predicted octanol–water partition coefficient (Wildman–Crippen LogP) is 2.70. The van der Waals surface area contributed by atoms with Crippen molar-refractivity contribution in [1.82, 2.24) is 14.5 Å². The first kappa shape index (κ1) is 22.0. The Balaban J connectivity index is 1.63. The maximum Gasteiger partial charge on any atom is 0.241 e. The summed E-state index contributed by atoms with van der Waals surface area (Å²) in [4.78, 5) is 17.4. The monoisotopic (exact) mass is 435 g/mol. The van der Waals surface area contributed by atoms with Gasteiger partial charge in [-0.1, -0.05) is 31.5 Å². The van der Waals surface area contributed by atoms with E-state index in [4.69, 9.17) is 0 Å². The lowest BCUT2D eigenvalue weighted by Crippen LogP contribution is -2.56. The third-order valence-electron chi connectivity index (χ3n) is 5.22. The number of nitrogens with one attached hydrogen (secondary N) is 1. The number of benzene rings is 1. The minimum absolute atomic E-state index is 0.147. The Morgan fingerprint density at radius 1 is 1.10 bits per heavy atom. The lowest BCUT2D eigenvalue weighted by Gasteiger charge is -2.37. The molecule has 1 aliphatic rings. The molecule has 3 rings (SSSR count). The quantitative estimate of drug-likeness (QED) is 0.726. The fourth-order valence-electron chi connectivity index (χ4n) is 3.39. The molecule has 0 saturated carbocycles. The number of sulfonamides is 1. The molecular weight excluding hydrogens is 406 g/mol. The summed E-state index contributed by atoms with van der Waals surface area (Å²) in [5.41, 5.74) is 2.28. The molecule has 2 heterocycles. The zero-order valence-corrected chi connectivity index (χ0v) is 18.8. The summed E-state index contributed by atoms with van der Waals surface area (Å²) in [6.07, 6.45) is 0. The Morgan fingerprint density at radius 3 is 2.31 bits per heavy atom. The van der Waals surface area contributed by atoms with Crippen LogP contribution in [0.5, 0.6) is 0 Å². The number of hydrogen-bond acceptors (Lipinski definition) is 5. The molecule has 1 aliphatic heterocycles. The number of carbonyl (C=O) groups excluding carboxylic acids is 1. The summed E-state index contributed by atoms with van der Waals surface area (Å²) >= 11 is 1.69. The Labute approximate surface area is 177 Å². The molecule has 6 nitrogen and oxygen atoms in total. The normalized spacial score (nSPS) is 16.9. The lowest BCUT2D eigenvalue weighted by molar-refractivity contribution is -0.135. The van der Waals surface area contributed by atoms with Crippen molar-refractivity contribution < 1.29 is 13.2 Å². The SMILES string of the molecule is Cc1ccc(S(=O)(=O)N[C@H](C(=O)N2CCN(Cc3ccsc3)CC2)C(C)C)cc1. The molecule has 29 heavy (non-hydrogen) atoms. The topological polar surface area (TPSA) is 69.7 Å². The van der Waals surface area contributed by atoms with E-state index in [9.17, 15) is 13.2 Å². The van der Waals surface area contributed by atoms with E-state index in [-0.39, 0.29) is 16.7 Å². The van der Waals surface area contributed by atoms with Gasteiger partial charge in [0, 0.05) is 32.7 Å². The molecule has 2 aromatic rings. The van der Waals surface area contributed by atoms with E-state index in [1.54, 1.807) is 40.5 Å². The average Bonchev–Trinajstić information content (AvgIpc) is 3.19. The Bertz CT molecular complexity index is 901. The second kappa shape index (κ2) is 9.38. The molecule has 0 radical (unpaired) electrons. The van der Waals surface area contributed by atoms with Gasteiger partial charge in [0.05, 0.1) is 4.90 Å². The molecule has 0 aliphatic carbocycles. The summed E-state index contributed by atoms with van der Waals surface area (Å²) in [6.45, 7) is 9.33. The standard InChI is InChI=1S/C21H29N3O3S2/c1-16(2)20(22-29(26,27)19-6-4-17(3)5-7-19)21(25)24-11-9-23(10-12-24)14-18-8-13-28-15-18/h4-8,13,15-16,20,22H,9-12,14H2,1-3H3/t20-/m0/s1. The van der Waals surface area contributed by atoms with Crippen molar-refractivity contribution in [1.29, 1.82) is 0 Å². The van der Waals surface area contributed by atoms with Crippen molar-refractivity contribution in [2.75, 3.05) is 26.2 Å². The van der Waals surface area contributed by atoms with Crippen molar-refractivity contribution in [3.63, 3.8) is 0 Å². The van der Waals surface area contributed by atoms with Crippen LogP contribution >= 0.6 is 11.3 Å². The van der Waals surface area contributed by atoms with Crippen LogP contribution in [0.15, 0.2) is 46.0 Å². The van der Waals surface area contributed by atoms with E-state index in [1.165, 1.54) is 5.56 Å². The molecule has 8 heteroatoms. The van der Waals surface area contributed by atoms with Crippen LogP contribution in [-0.4, -0.2) is 56.3 Å². The smallest absolute Gasteiger partial charge is 0.241 e. The zero-order chi connectivity index (χ0) is 21.0. The van der Waals surface area contributed by atoms with Gasteiger partial charge in [-0.3, -0.25) is 9.69 Å². The second-order valence-electron chi connectivity index (χ2n) is 7.89. The first-order chi connectivity index (χ1) is 13.8. The largest absolute Gasteiger partial charge is 0.339 e. The van der Waals surface area contributed by atoms with Gasteiger partial charge in [-0.2, -0.15) is 16.1 Å². The maximum atomic E-state index is 13.1. The van der Waals surface area contributed by atoms with Crippen molar-refractivity contribution in [3.8, 4) is 0 Å². The van der Waals surface area contributed by atoms with E-state index in [1.807, 2.05) is 20.8 Å². The van der Waals surface area contributed by atoms with Crippen LogP contribution < -0.4 is 4.72 Å². The molecule has 1 N–H and O–H groups in total. The highest BCUT2D eigenvalue weighted by atomic mass is 32.2. The second-order valence-corrected chi connectivity index (χ2v) is 10.4. The van der Waals surface area contributed by atoms with Gasteiger partial charge in [0.1, 0.15) is 6.04 Å². The molecule has 1 aromatic carbocycles. The van der Waals surface area contributed by atoms with E-state index in [0.717, 1.165) is 25.2 Å². The number of nitrogens with zero attached hydrogens (tertiary/aromatic N) is 2. The minimum atomic E-state index is -3.76.